The Balaban J connectivity index is 1.96. The van der Waals surface area contributed by atoms with Gasteiger partial charge < -0.3 is 10.1 Å². The van der Waals surface area contributed by atoms with Crippen molar-refractivity contribution in [1.29, 1.82) is 0 Å². The first-order chi connectivity index (χ1) is 9.76. The topological polar surface area (TPSA) is 47.0 Å². The molecule has 0 spiro atoms. The highest BCUT2D eigenvalue weighted by atomic mass is 16.5. The normalized spacial score (nSPS) is 10.5. The lowest BCUT2D eigenvalue weighted by molar-refractivity contribution is 0.459. The summed E-state index contributed by atoms with van der Waals surface area (Å²) in [6, 6.07) is 14.2. The fraction of sp³-hybridized carbons (Fsp3) is 0.125. The standard InChI is InChI=1S/C16H15N3O/c1-11-10-18-16(17-2)19-15(11)20-14-8-7-12-5-3-4-6-13(12)9-14/h3-10H,1-2H3,(H,17,18,19). The highest BCUT2D eigenvalue weighted by molar-refractivity contribution is 5.83. The van der Waals surface area contributed by atoms with Crippen LogP contribution in [0.15, 0.2) is 48.7 Å². The lowest BCUT2D eigenvalue weighted by Crippen LogP contribution is -1.99. The molecule has 0 saturated carbocycles. The van der Waals surface area contributed by atoms with Crippen molar-refractivity contribution in [3.63, 3.8) is 0 Å². The molecule has 3 aromatic rings. The first-order valence-electron chi connectivity index (χ1n) is 6.44. The quantitative estimate of drug-likeness (QED) is 0.783. The number of aryl methyl sites for hydroxylation is 1. The second kappa shape index (κ2) is 5.17. The van der Waals surface area contributed by atoms with E-state index in [9.17, 15) is 0 Å². The van der Waals surface area contributed by atoms with E-state index in [1.807, 2.05) is 37.3 Å². The second-order valence-electron chi connectivity index (χ2n) is 4.54. The number of anilines is 1. The van der Waals surface area contributed by atoms with E-state index in [4.69, 9.17) is 4.74 Å². The molecule has 0 fully saturated rings. The van der Waals surface area contributed by atoms with Crippen molar-refractivity contribution in [2.24, 2.45) is 0 Å². The summed E-state index contributed by atoms with van der Waals surface area (Å²) in [6.07, 6.45) is 1.75. The van der Waals surface area contributed by atoms with E-state index in [2.05, 4.69) is 27.4 Å². The maximum Gasteiger partial charge on any atom is 0.226 e. The van der Waals surface area contributed by atoms with Gasteiger partial charge in [0.05, 0.1) is 0 Å². The lowest BCUT2D eigenvalue weighted by Gasteiger charge is -2.09. The van der Waals surface area contributed by atoms with Gasteiger partial charge in [-0.25, -0.2) is 4.98 Å². The van der Waals surface area contributed by atoms with Gasteiger partial charge in [0.25, 0.3) is 0 Å². The van der Waals surface area contributed by atoms with Crippen LogP contribution in [0.2, 0.25) is 0 Å². The average molecular weight is 265 g/mol. The van der Waals surface area contributed by atoms with E-state index in [-0.39, 0.29) is 0 Å². The summed E-state index contributed by atoms with van der Waals surface area (Å²) in [6.45, 7) is 1.93. The third-order valence-electron chi connectivity index (χ3n) is 3.08. The van der Waals surface area contributed by atoms with Crippen LogP contribution in [0.25, 0.3) is 10.8 Å². The number of rotatable bonds is 3. The van der Waals surface area contributed by atoms with Crippen LogP contribution in [0.4, 0.5) is 5.95 Å². The van der Waals surface area contributed by atoms with Crippen LogP contribution in [0, 0.1) is 6.92 Å². The highest BCUT2D eigenvalue weighted by Crippen LogP contribution is 2.26. The van der Waals surface area contributed by atoms with Crippen LogP contribution in [0.3, 0.4) is 0 Å². The van der Waals surface area contributed by atoms with Crippen molar-refractivity contribution in [2.45, 2.75) is 6.92 Å². The van der Waals surface area contributed by atoms with Crippen LogP contribution >= 0.6 is 0 Å². The van der Waals surface area contributed by atoms with Crippen LogP contribution in [-0.2, 0) is 0 Å². The van der Waals surface area contributed by atoms with Gasteiger partial charge in [0, 0.05) is 18.8 Å². The third kappa shape index (κ3) is 2.40. The van der Waals surface area contributed by atoms with Crippen LogP contribution in [-0.4, -0.2) is 17.0 Å². The number of hydrogen-bond acceptors (Lipinski definition) is 4. The minimum absolute atomic E-state index is 0.548. The number of fused-ring (bicyclic) bond motifs is 1. The van der Waals surface area contributed by atoms with E-state index in [0.29, 0.717) is 11.8 Å². The zero-order chi connectivity index (χ0) is 13.9. The molecule has 0 aliphatic heterocycles. The molecule has 0 aliphatic carbocycles. The predicted octanol–water partition coefficient (Wildman–Crippen LogP) is 3.77. The molecule has 4 heteroatoms. The number of nitrogens with zero attached hydrogens (tertiary/aromatic N) is 2. The molecule has 3 rings (SSSR count). The van der Waals surface area contributed by atoms with Crippen molar-refractivity contribution in [3.8, 4) is 11.6 Å². The van der Waals surface area contributed by atoms with Crippen molar-refractivity contribution in [3.05, 3.63) is 54.2 Å². The molecule has 4 nitrogen and oxygen atoms in total. The Morgan fingerprint density at radius 1 is 1.05 bits per heavy atom. The van der Waals surface area contributed by atoms with Gasteiger partial charge in [0.1, 0.15) is 5.75 Å². The molecule has 0 unspecified atom stereocenters. The van der Waals surface area contributed by atoms with E-state index in [0.717, 1.165) is 16.7 Å². The molecule has 20 heavy (non-hydrogen) atoms. The number of ether oxygens (including phenoxy) is 1. The number of aromatic nitrogens is 2. The fourth-order valence-corrected chi connectivity index (χ4v) is 1.99. The van der Waals surface area contributed by atoms with Crippen molar-refractivity contribution >= 4 is 16.7 Å². The molecule has 1 heterocycles. The summed E-state index contributed by atoms with van der Waals surface area (Å²) in [7, 11) is 1.78. The molecule has 100 valence electrons. The summed E-state index contributed by atoms with van der Waals surface area (Å²) >= 11 is 0. The van der Waals surface area contributed by atoms with Crippen molar-refractivity contribution in [1.82, 2.24) is 9.97 Å². The Morgan fingerprint density at radius 3 is 2.65 bits per heavy atom. The van der Waals surface area contributed by atoms with E-state index < -0.39 is 0 Å². The molecule has 0 bridgehead atoms. The molecule has 1 aromatic heterocycles. The summed E-state index contributed by atoms with van der Waals surface area (Å²) in [5.41, 5.74) is 0.900. The van der Waals surface area contributed by atoms with Gasteiger partial charge >= 0.3 is 0 Å². The number of nitrogens with one attached hydrogen (secondary N) is 1. The minimum atomic E-state index is 0.548. The Bertz CT molecular complexity index is 756. The van der Waals surface area contributed by atoms with Crippen molar-refractivity contribution < 1.29 is 4.74 Å². The monoisotopic (exact) mass is 265 g/mol. The van der Waals surface area contributed by atoms with Gasteiger partial charge in [0.2, 0.25) is 11.8 Å². The SMILES string of the molecule is CNc1ncc(C)c(Oc2ccc3ccccc3c2)n1. The number of benzene rings is 2. The average Bonchev–Trinajstić information content (AvgIpc) is 2.49. The molecule has 0 radical (unpaired) electrons. The summed E-state index contributed by atoms with van der Waals surface area (Å²) < 4.78 is 5.87. The molecule has 2 aromatic carbocycles. The minimum Gasteiger partial charge on any atom is -0.439 e. The zero-order valence-electron chi connectivity index (χ0n) is 11.4. The Kier molecular flexibility index (Phi) is 3.21. The highest BCUT2D eigenvalue weighted by Gasteiger charge is 2.06. The zero-order valence-corrected chi connectivity index (χ0v) is 11.4. The van der Waals surface area contributed by atoms with E-state index in [1.54, 1.807) is 13.2 Å². The van der Waals surface area contributed by atoms with Gasteiger partial charge in [0.15, 0.2) is 0 Å². The first-order valence-corrected chi connectivity index (χ1v) is 6.44. The van der Waals surface area contributed by atoms with Crippen LogP contribution in [0.5, 0.6) is 11.6 Å². The van der Waals surface area contributed by atoms with Gasteiger partial charge in [-0.2, -0.15) is 4.98 Å². The summed E-state index contributed by atoms with van der Waals surface area (Å²) in [4.78, 5) is 8.47. The largest absolute Gasteiger partial charge is 0.439 e. The fourth-order valence-electron chi connectivity index (χ4n) is 1.99. The molecule has 0 amide bonds. The Hall–Kier alpha value is -2.62. The van der Waals surface area contributed by atoms with Gasteiger partial charge in [-0.1, -0.05) is 30.3 Å². The molecule has 0 atom stereocenters. The Morgan fingerprint density at radius 2 is 1.85 bits per heavy atom. The smallest absolute Gasteiger partial charge is 0.226 e. The molecule has 0 aliphatic rings. The maximum atomic E-state index is 5.87. The predicted molar refractivity (Wildman–Crippen MR) is 80.3 cm³/mol. The van der Waals surface area contributed by atoms with E-state index in [1.165, 1.54) is 5.39 Å². The number of hydrogen-bond donors (Lipinski definition) is 1. The van der Waals surface area contributed by atoms with Crippen molar-refractivity contribution in [2.75, 3.05) is 12.4 Å². The summed E-state index contributed by atoms with van der Waals surface area (Å²) in [5, 5.41) is 5.24. The molecule has 1 N–H and O–H groups in total. The molecular formula is C16H15N3O. The molecular weight excluding hydrogens is 250 g/mol. The van der Waals surface area contributed by atoms with Crippen LogP contribution in [0.1, 0.15) is 5.56 Å². The maximum absolute atomic E-state index is 5.87. The lowest BCUT2D eigenvalue weighted by atomic mass is 10.1. The first kappa shape index (κ1) is 12.4. The van der Waals surface area contributed by atoms with Gasteiger partial charge in [-0.05, 0) is 29.8 Å². The third-order valence-corrected chi connectivity index (χ3v) is 3.08. The van der Waals surface area contributed by atoms with Gasteiger partial charge in [-0.3, -0.25) is 0 Å². The van der Waals surface area contributed by atoms with Crippen LogP contribution < -0.4 is 10.1 Å². The van der Waals surface area contributed by atoms with Gasteiger partial charge in [-0.15, -0.1) is 0 Å². The Labute approximate surface area is 117 Å². The molecule has 0 saturated heterocycles. The van der Waals surface area contributed by atoms with E-state index >= 15 is 0 Å². The second-order valence-corrected chi connectivity index (χ2v) is 4.54. The summed E-state index contributed by atoms with van der Waals surface area (Å²) in [5.74, 6) is 1.89.